The maximum absolute atomic E-state index is 12.5. The lowest BCUT2D eigenvalue weighted by Crippen LogP contribution is -2.48. The maximum atomic E-state index is 12.5. The van der Waals surface area contributed by atoms with Gasteiger partial charge in [0.2, 0.25) is 0 Å². The molecule has 0 aliphatic carbocycles. The molecule has 8 heteroatoms. The summed E-state index contributed by atoms with van der Waals surface area (Å²) in [6.45, 7) is 6.35. The van der Waals surface area contributed by atoms with Crippen LogP contribution >= 0.6 is 0 Å². The van der Waals surface area contributed by atoms with Crippen molar-refractivity contribution in [3.05, 3.63) is 54.2 Å². The Hall–Kier alpha value is -2.97. The fourth-order valence-corrected chi connectivity index (χ4v) is 4.91. The van der Waals surface area contributed by atoms with Gasteiger partial charge in [-0.25, -0.2) is 9.97 Å². The van der Waals surface area contributed by atoms with Crippen LogP contribution in [0, 0.1) is 5.92 Å². The average Bonchev–Trinajstić information content (AvgIpc) is 3.39. The standard InChI is InChI=1S/C25H31N5O3/c1-32-18-19-6-4-10-30(16-19)24-20-7-2-3-8-21(20)26-23(27-24)17-28-11-13-29(14-12-28)25(31)22-9-5-15-33-22/h2-3,5,7-9,15,19H,4,6,10-14,16-18H2,1H3. The third-order valence-corrected chi connectivity index (χ3v) is 6.61. The number of amides is 1. The molecule has 0 radical (unpaired) electrons. The first-order valence-electron chi connectivity index (χ1n) is 11.8. The second kappa shape index (κ2) is 9.89. The van der Waals surface area contributed by atoms with Gasteiger partial charge in [0.15, 0.2) is 5.76 Å². The highest BCUT2D eigenvalue weighted by atomic mass is 16.5. The summed E-state index contributed by atoms with van der Waals surface area (Å²) in [6, 6.07) is 11.7. The number of furan rings is 1. The monoisotopic (exact) mass is 449 g/mol. The third-order valence-electron chi connectivity index (χ3n) is 6.61. The fourth-order valence-electron chi connectivity index (χ4n) is 4.91. The van der Waals surface area contributed by atoms with E-state index in [1.54, 1.807) is 19.2 Å². The van der Waals surface area contributed by atoms with Gasteiger partial charge in [-0.05, 0) is 43.0 Å². The Kier molecular flexibility index (Phi) is 6.55. The quantitative estimate of drug-likeness (QED) is 0.573. The topological polar surface area (TPSA) is 74.9 Å². The summed E-state index contributed by atoms with van der Waals surface area (Å²) in [7, 11) is 1.78. The second-order valence-corrected chi connectivity index (χ2v) is 8.94. The lowest BCUT2D eigenvalue weighted by molar-refractivity contribution is 0.0595. The molecule has 2 saturated heterocycles. The van der Waals surface area contributed by atoms with Crippen molar-refractivity contribution in [1.82, 2.24) is 19.8 Å². The Morgan fingerprint density at radius 1 is 1.09 bits per heavy atom. The molecule has 2 aliphatic rings. The van der Waals surface area contributed by atoms with Crippen LogP contribution in [0.3, 0.4) is 0 Å². The van der Waals surface area contributed by atoms with E-state index in [1.807, 2.05) is 11.0 Å². The average molecular weight is 450 g/mol. The number of nitrogens with zero attached hydrogens (tertiary/aromatic N) is 5. The highest BCUT2D eigenvalue weighted by molar-refractivity contribution is 5.91. The van der Waals surface area contributed by atoms with Gasteiger partial charge in [0, 0.05) is 51.8 Å². The van der Waals surface area contributed by atoms with E-state index in [4.69, 9.17) is 19.1 Å². The predicted octanol–water partition coefficient (Wildman–Crippen LogP) is 3.04. The summed E-state index contributed by atoms with van der Waals surface area (Å²) in [4.78, 5) is 29.0. The molecule has 1 aromatic carbocycles. The Labute approximate surface area is 194 Å². The van der Waals surface area contributed by atoms with Gasteiger partial charge in [-0.2, -0.15) is 0 Å². The molecular weight excluding hydrogens is 418 g/mol. The van der Waals surface area contributed by atoms with Crippen LogP contribution in [0.1, 0.15) is 29.2 Å². The first kappa shape index (κ1) is 21.9. The van der Waals surface area contributed by atoms with E-state index in [0.717, 1.165) is 61.8 Å². The summed E-state index contributed by atoms with van der Waals surface area (Å²) < 4.78 is 10.7. The van der Waals surface area contributed by atoms with Crippen LogP contribution in [-0.4, -0.2) is 78.7 Å². The zero-order chi connectivity index (χ0) is 22.6. The number of anilines is 1. The molecule has 2 fully saturated rings. The molecule has 2 aromatic heterocycles. The molecular formula is C25H31N5O3. The van der Waals surface area contributed by atoms with Crippen molar-refractivity contribution in [3.8, 4) is 0 Å². The molecule has 1 atom stereocenters. The van der Waals surface area contributed by atoms with Crippen molar-refractivity contribution < 1.29 is 13.9 Å². The molecule has 3 aromatic rings. The van der Waals surface area contributed by atoms with E-state index in [1.165, 1.54) is 12.7 Å². The summed E-state index contributed by atoms with van der Waals surface area (Å²) in [5, 5.41) is 1.10. The van der Waals surface area contributed by atoms with Crippen molar-refractivity contribution in [2.45, 2.75) is 19.4 Å². The second-order valence-electron chi connectivity index (χ2n) is 8.94. The molecule has 5 rings (SSSR count). The van der Waals surface area contributed by atoms with Crippen LogP contribution in [0.4, 0.5) is 5.82 Å². The van der Waals surface area contributed by atoms with Crippen molar-refractivity contribution >= 4 is 22.6 Å². The van der Waals surface area contributed by atoms with E-state index in [0.29, 0.717) is 31.3 Å². The lowest BCUT2D eigenvalue weighted by Gasteiger charge is -2.35. The van der Waals surface area contributed by atoms with Gasteiger partial charge in [0.05, 0.1) is 24.9 Å². The van der Waals surface area contributed by atoms with E-state index in [2.05, 4.69) is 28.0 Å². The minimum Gasteiger partial charge on any atom is -0.459 e. The highest BCUT2D eigenvalue weighted by Crippen LogP contribution is 2.28. The number of fused-ring (bicyclic) bond motifs is 1. The minimum absolute atomic E-state index is 0.0420. The fraction of sp³-hybridized carbons (Fsp3) is 0.480. The first-order chi connectivity index (χ1) is 16.2. The molecule has 174 valence electrons. The molecule has 1 unspecified atom stereocenters. The van der Waals surface area contributed by atoms with Crippen LogP contribution in [0.2, 0.25) is 0 Å². The molecule has 1 amide bonds. The number of carbonyl (C=O) groups is 1. The SMILES string of the molecule is COCC1CCCN(c2nc(CN3CCN(C(=O)c4ccco4)CC3)nc3ccccc23)C1. The van der Waals surface area contributed by atoms with Crippen LogP contribution in [0.25, 0.3) is 10.9 Å². The lowest BCUT2D eigenvalue weighted by atomic mass is 9.98. The van der Waals surface area contributed by atoms with Crippen molar-refractivity contribution in [2.24, 2.45) is 5.92 Å². The van der Waals surface area contributed by atoms with E-state index < -0.39 is 0 Å². The molecule has 0 bridgehead atoms. The molecule has 0 spiro atoms. The zero-order valence-corrected chi connectivity index (χ0v) is 19.2. The Morgan fingerprint density at radius 3 is 2.73 bits per heavy atom. The van der Waals surface area contributed by atoms with Gasteiger partial charge in [0.1, 0.15) is 11.6 Å². The van der Waals surface area contributed by atoms with E-state index >= 15 is 0 Å². The molecule has 0 N–H and O–H groups in total. The number of piperidine rings is 1. The van der Waals surface area contributed by atoms with Crippen LogP contribution in [-0.2, 0) is 11.3 Å². The number of hydrogen-bond donors (Lipinski definition) is 0. The number of hydrogen-bond acceptors (Lipinski definition) is 7. The Balaban J connectivity index is 1.30. The summed E-state index contributed by atoms with van der Waals surface area (Å²) >= 11 is 0. The molecule has 8 nitrogen and oxygen atoms in total. The van der Waals surface area contributed by atoms with Crippen molar-refractivity contribution in [2.75, 3.05) is 57.9 Å². The Morgan fingerprint density at radius 2 is 1.94 bits per heavy atom. The zero-order valence-electron chi connectivity index (χ0n) is 19.2. The Bertz CT molecular complexity index is 1080. The number of benzene rings is 1. The number of piperazine rings is 1. The third kappa shape index (κ3) is 4.86. The van der Waals surface area contributed by atoms with Gasteiger partial charge in [-0.3, -0.25) is 9.69 Å². The van der Waals surface area contributed by atoms with Crippen LogP contribution in [0.5, 0.6) is 0 Å². The molecule has 4 heterocycles. The van der Waals surface area contributed by atoms with Crippen LogP contribution in [0.15, 0.2) is 47.1 Å². The number of carbonyl (C=O) groups excluding carboxylic acids is 1. The normalized spacial score (nSPS) is 19.8. The smallest absolute Gasteiger partial charge is 0.289 e. The number of methoxy groups -OCH3 is 1. The van der Waals surface area contributed by atoms with Gasteiger partial charge in [0.25, 0.3) is 5.91 Å². The van der Waals surface area contributed by atoms with Crippen molar-refractivity contribution in [1.29, 1.82) is 0 Å². The maximum Gasteiger partial charge on any atom is 0.289 e. The van der Waals surface area contributed by atoms with E-state index in [-0.39, 0.29) is 5.91 Å². The summed E-state index contributed by atoms with van der Waals surface area (Å²) in [6.07, 6.45) is 3.88. The number of para-hydroxylation sites is 1. The number of ether oxygens (including phenoxy) is 1. The molecule has 2 aliphatic heterocycles. The van der Waals surface area contributed by atoms with E-state index in [9.17, 15) is 4.79 Å². The van der Waals surface area contributed by atoms with Crippen molar-refractivity contribution in [3.63, 3.8) is 0 Å². The predicted molar refractivity (Wildman–Crippen MR) is 126 cm³/mol. The molecule has 33 heavy (non-hydrogen) atoms. The first-order valence-corrected chi connectivity index (χ1v) is 11.8. The summed E-state index contributed by atoms with van der Waals surface area (Å²) in [5.41, 5.74) is 0.984. The largest absolute Gasteiger partial charge is 0.459 e. The number of aromatic nitrogens is 2. The van der Waals surface area contributed by atoms with Gasteiger partial charge >= 0.3 is 0 Å². The van der Waals surface area contributed by atoms with Gasteiger partial charge in [-0.1, -0.05) is 12.1 Å². The van der Waals surface area contributed by atoms with Gasteiger partial charge in [-0.15, -0.1) is 0 Å². The summed E-state index contributed by atoms with van der Waals surface area (Å²) in [5.74, 6) is 2.76. The molecule has 0 saturated carbocycles. The number of rotatable bonds is 6. The highest BCUT2D eigenvalue weighted by Gasteiger charge is 2.26. The minimum atomic E-state index is -0.0420. The van der Waals surface area contributed by atoms with Crippen LogP contribution < -0.4 is 4.90 Å². The van der Waals surface area contributed by atoms with Gasteiger partial charge < -0.3 is 19.0 Å².